The third-order valence-corrected chi connectivity index (χ3v) is 4.03. The van der Waals surface area contributed by atoms with E-state index in [0.717, 1.165) is 12.5 Å². The second kappa shape index (κ2) is 5.63. The number of carbonyl (C=O) groups excluding carboxylic acids is 1. The highest BCUT2D eigenvalue weighted by atomic mass is 16.4. The SMILES string of the molecule is CCCC1(C(=O)O)CCN(C(=O)c2ccc(O)cc2O)C1. The number of likely N-dealkylation sites (tertiary alicyclic amines) is 1. The van der Waals surface area contributed by atoms with Gasteiger partial charge in [-0.3, -0.25) is 9.59 Å². The Morgan fingerprint density at radius 1 is 1.33 bits per heavy atom. The van der Waals surface area contributed by atoms with Crippen LogP contribution in [-0.4, -0.2) is 45.2 Å². The molecule has 3 N–H and O–H groups in total. The average Bonchev–Trinajstić information content (AvgIpc) is 2.84. The van der Waals surface area contributed by atoms with Gasteiger partial charge in [0.05, 0.1) is 11.0 Å². The molecule has 0 bridgehead atoms. The summed E-state index contributed by atoms with van der Waals surface area (Å²) >= 11 is 0. The van der Waals surface area contributed by atoms with E-state index in [1.807, 2.05) is 6.92 Å². The Labute approximate surface area is 122 Å². The molecule has 1 aliphatic rings. The molecule has 0 aromatic heterocycles. The standard InChI is InChI=1S/C15H19NO5/c1-2-5-15(14(20)21)6-7-16(9-15)13(19)11-4-3-10(17)8-12(11)18/h3-4,8,17-18H,2,5-7,9H2,1H3,(H,20,21). The zero-order valence-corrected chi connectivity index (χ0v) is 11.9. The summed E-state index contributed by atoms with van der Waals surface area (Å²) in [5, 5.41) is 28.4. The minimum Gasteiger partial charge on any atom is -0.508 e. The van der Waals surface area contributed by atoms with Crippen molar-refractivity contribution in [3.05, 3.63) is 23.8 Å². The number of amides is 1. The molecule has 2 rings (SSSR count). The first kappa shape index (κ1) is 15.2. The van der Waals surface area contributed by atoms with E-state index in [4.69, 9.17) is 0 Å². The van der Waals surface area contributed by atoms with Crippen molar-refractivity contribution < 1.29 is 24.9 Å². The molecule has 21 heavy (non-hydrogen) atoms. The zero-order valence-electron chi connectivity index (χ0n) is 11.9. The molecule has 0 saturated carbocycles. The fourth-order valence-corrected chi connectivity index (χ4v) is 2.88. The summed E-state index contributed by atoms with van der Waals surface area (Å²) in [6.07, 6.45) is 1.67. The van der Waals surface area contributed by atoms with Crippen molar-refractivity contribution in [2.24, 2.45) is 5.41 Å². The fourth-order valence-electron chi connectivity index (χ4n) is 2.88. The van der Waals surface area contributed by atoms with E-state index in [9.17, 15) is 24.9 Å². The van der Waals surface area contributed by atoms with Crippen molar-refractivity contribution in [2.45, 2.75) is 26.2 Å². The molecule has 1 atom stereocenters. The normalized spacial score (nSPS) is 21.5. The molecule has 1 heterocycles. The largest absolute Gasteiger partial charge is 0.508 e. The fraction of sp³-hybridized carbons (Fsp3) is 0.467. The Morgan fingerprint density at radius 2 is 2.05 bits per heavy atom. The molecule has 114 valence electrons. The number of nitrogens with zero attached hydrogens (tertiary/aromatic N) is 1. The van der Waals surface area contributed by atoms with Gasteiger partial charge in [0.1, 0.15) is 11.5 Å². The Bertz CT molecular complexity index is 571. The van der Waals surface area contributed by atoms with Gasteiger partial charge >= 0.3 is 5.97 Å². The van der Waals surface area contributed by atoms with Gasteiger partial charge in [-0.15, -0.1) is 0 Å². The van der Waals surface area contributed by atoms with Crippen LogP contribution in [-0.2, 0) is 4.79 Å². The molecule has 0 aliphatic carbocycles. The van der Waals surface area contributed by atoms with Crippen LogP contribution in [0.1, 0.15) is 36.5 Å². The molecule has 0 radical (unpaired) electrons. The molecule has 6 heteroatoms. The van der Waals surface area contributed by atoms with Gasteiger partial charge in [-0.1, -0.05) is 13.3 Å². The van der Waals surface area contributed by atoms with Gasteiger partial charge in [-0.05, 0) is 25.0 Å². The molecule has 1 unspecified atom stereocenters. The van der Waals surface area contributed by atoms with Crippen LogP contribution in [0.4, 0.5) is 0 Å². The first-order valence-corrected chi connectivity index (χ1v) is 6.94. The average molecular weight is 293 g/mol. The summed E-state index contributed by atoms with van der Waals surface area (Å²) in [5.74, 6) is -1.72. The molecule has 6 nitrogen and oxygen atoms in total. The highest BCUT2D eigenvalue weighted by Gasteiger charge is 2.45. The molecule has 1 amide bonds. The quantitative estimate of drug-likeness (QED) is 0.786. The van der Waals surface area contributed by atoms with Crippen molar-refractivity contribution in [3.63, 3.8) is 0 Å². The number of aromatic hydroxyl groups is 2. The van der Waals surface area contributed by atoms with Crippen molar-refractivity contribution in [1.29, 1.82) is 0 Å². The maximum absolute atomic E-state index is 12.4. The lowest BCUT2D eigenvalue weighted by atomic mass is 9.83. The summed E-state index contributed by atoms with van der Waals surface area (Å²) in [4.78, 5) is 25.3. The molecule has 1 aromatic carbocycles. The highest BCUT2D eigenvalue weighted by molar-refractivity contribution is 5.97. The van der Waals surface area contributed by atoms with Crippen LogP contribution in [0.15, 0.2) is 18.2 Å². The summed E-state index contributed by atoms with van der Waals surface area (Å²) in [6.45, 7) is 2.42. The third kappa shape index (κ3) is 2.79. The van der Waals surface area contributed by atoms with E-state index in [2.05, 4.69) is 0 Å². The predicted octanol–water partition coefficient (Wildman–Crippen LogP) is 1.81. The number of phenolic OH excluding ortho intramolecular Hbond substituents is 2. The maximum Gasteiger partial charge on any atom is 0.311 e. The van der Waals surface area contributed by atoms with Crippen LogP contribution < -0.4 is 0 Å². The van der Waals surface area contributed by atoms with Gasteiger partial charge in [-0.25, -0.2) is 0 Å². The van der Waals surface area contributed by atoms with Crippen molar-refractivity contribution in [2.75, 3.05) is 13.1 Å². The van der Waals surface area contributed by atoms with Crippen LogP contribution in [0.2, 0.25) is 0 Å². The van der Waals surface area contributed by atoms with E-state index in [-0.39, 0.29) is 23.6 Å². The Kier molecular flexibility index (Phi) is 4.06. The van der Waals surface area contributed by atoms with Crippen LogP contribution >= 0.6 is 0 Å². The van der Waals surface area contributed by atoms with Gasteiger partial charge < -0.3 is 20.2 Å². The summed E-state index contributed by atoms with van der Waals surface area (Å²) in [7, 11) is 0. The Balaban J connectivity index is 2.20. The van der Waals surface area contributed by atoms with Crippen LogP contribution in [0.3, 0.4) is 0 Å². The molecular formula is C15H19NO5. The Hall–Kier alpha value is -2.24. The highest BCUT2D eigenvalue weighted by Crippen LogP contribution is 2.37. The molecule has 1 aromatic rings. The van der Waals surface area contributed by atoms with Crippen LogP contribution in [0.25, 0.3) is 0 Å². The van der Waals surface area contributed by atoms with Gasteiger partial charge in [0.25, 0.3) is 5.91 Å². The number of hydrogen-bond donors (Lipinski definition) is 3. The summed E-state index contributed by atoms with van der Waals surface area (Å²) in [5.41, 5.74) is -0.817. The minimum atomic E-state index is -0.892. The van der Waals surface area contributed by atoms with Crippen LogP contribution in [0, 0.1) is 5.41 Å². The first-order chi connectivity index (χ1) is 9.89. The van der Waals surface area contributed by atoms with Crippen molar-refractivity contribution >= 4 is 11.9 Å². The van der Waals surface area contributed by atoms with Gasteiger partial charge in [0, 0.05) is 19.2 Å². The number of carboxylic acids is 1. The smallest absolute Gasteiger partial charge is 0.311 e. The van der Waals surface area contributed by atoms with Crippen LogP contribution in [0.5, 0.6) is 11.5 Å². The molecule has 0 spiro atoms. The third-order valence-electron chi connectivity index (χ3n) is 4.03. The minimum absolute atomic E-state index is 0.0745. The molecule has 1 saturated heterocycles. The molecule has 1 fully saturated rings. The zero-order chi connectivity index (χ0) is 15.6. The van der Waals surface area contributed by atoms with E-state index in [0.29, 0.717) is 19.4 Å². The maximum atomic E-state index is 12.4. The monoisotopic (exact) mass is 293 g/mol. The second-order valence-corrected chi connectivity index (χ2v) is 5.51. The Morgan fingerprint density at radius 3 is 2.62 bits per heavy atom. The summed E-state index contributed by atoms with van der Waals surface area (Å²) < 4.78 is 0. The number of carbonyl (C=O) groups is 2. The number of aliphatic carboxylic acids is 1. The first-order valence-electron chi connectivity index (χ1n) is 6.94. The summed E-state index contributed by atoms with van der Waals surface area (Å²) in [6, 6.07) is 3.76. The van der Waals surface area contributed by atoms with Crippen molar-refractivity contribution in [3.8, 4) is 11.5 Å². The molecular weight excluding hydrogens is 274 g/mol. The topological polar surface area (TPSA) is 98.1 Å². The van der Waals surface area contributed by atoms with E-state index in [1.54, 1.807) is 0 Å². The number of benzene rings is 1. The van der Waals surface area contributed by atoms with Gasteiger partial charge in [0.15, 0.2) is 0 Å². The lowest BCUT2D eigenvalue weighted by molar-refractivity contribution is -0.148. The second-order valence-electron chi connectivity index (χ2n) is 5.51. The number of hydrogen-bond acceptors (Lipinski definition) is 4. The lowest BCUT2D eigenvalue weighted by Crippen LogP contribution is -2.36. The van der Waals surface area contributed by atoms with Crippen molar-refractivity contribution in [1.82, 2.24) is 4.90 Å². The predicted molar refractivity (Wildman–Crippen MR) is 75.3 cm³/mol. The van der Waals surface area contributed by atoms with Gasteiger partial charge in [0.2, 0.25) is 0 Å². The number of carboxylic acid groups (broad SMARTS) is 1. The van der Waals surface area contributed by atoms with E-state index >= 15 is 0 Å². The van der Waals surface area contributed by atoms with E-state index in [1.165, 1.54) is 17.0 Å². The number of phenols is 2. The molecule has 1 aliphatic heterocycles. The lowest BCUT2D eigenvalue weighted by Gasteiger charge is -2.24. The van der Waals surface area contributed by atoms with E-state index < -0.39 is 17.3 Å². The van der Waals surface area contributed by atoms with Gasteiger partial charge in [-0.2, -0.15) is 0 Å². The number of rotatable bonds is 4.